The summed E-state index contributed by atoms with van der Waals surface area (Å²) in [5, 5.41) is 10.8. The Morgan fingerprint density at radius 3 is 3.00 bits per heavy atom. The molecule has 116 valence electrons. The van der Waals surface area contributed by atoms with E-state index in [9.17, 15) is 5.11 Å². The third kappa shape index (κ3) is 3.24. The molecule has 1 heterocycles. The molecule has 1 aliphatic carbocycles. The summed E-state index contributed by atoms with van der Waals surface area (Å²) >= 11 is 0. The molecular formula is C18H27NO2. The number of aliphatic hydroxyl groups is 1. The molecule has 3 heteroatoms. The monoisotopic (exact) mass is 289 g/mol. The maximum Gasteiger partial charge on any atom is 0.123 e. The Labute approximate surface area is 127 Å². The van der Waals surface area contributed by atoms with E-state index in [4.69, 9.17) is 4.74 Å². The average Bonchev–Trinajstić information content (AvgIpc) is 2.50. The van der Waals surface area contributed by atoms with Crippen LogP contribution >= 0.6 is 0 Å². The quantitative estimate of drug-likeness (QED) is 0.924. The minimum atomic E-state index is -0.381. The second kappa shape index (κ2) is 6.37. The molecule has 0 radical (unpaired) electrons. The van der Waals surface area contributed by atoms with Gasteiger partial charge in [-0.3, -0.25) is 4.90 Å². The summed E-state index contributed by atoms with van der Waals surface area (Å²) in [6.07, 6.45) is 5.58. The summed E-state index contributed by atoms with van der Waals surface area (Å²) in [5.74, 6) is 1.46. The number of para-hydroxylation sites is 1. The smallest absolute Gasteiger partial charge is 0.123 e. The fourth-order valence-electron chi connectivity index (χ4n) is 3.95. The molecule has 3 nitrogen and oxygen atoms in total. The van der Waals surface area contributed by atoms with E-state index in [1.165, 1.54) is 24.8 Å². The zero-order valence-electron chi connectivity index (χ0n) is 13.1. The second-order valence-electron chi connectivity index (χ2n) is 6.57. The van der Waals surface area contributed by atoms with E-state index in [1.54, 1.807) is 0 Å². The molecule has 1 saturated carbocycles. The van der Waals surface area contributed by atoms with E-state index in [0.717, 1.165) is 38.2 Å². The highest BCUT2D eigenvalue weighted by molar-refractivity contribution is 5.33. The van der Waals surface area contributed by atoms with Crippen molar-refractivity contribution in [1.82, 2.24) is 4.90 Å². The first-order valence-electron chi connectivity index (χ1n) is 8.37. The maximum absolute atomic E-state index is 10.8. The van der Waals surface area contributed by atoms with Gasteiger partial charge in [-0.25, -0.2) is 0 Å². The zero-order chi connectivity index (χ0) is 14.7. The van der Waals surface area contributed by atoms with Gasteiger partial charge in [-0.1, -0.05) is 31.0 Å². The molecule has 1 N–H and O–H groups in total. The van der Waals surface area contributed by atoms with Gasteiger partial charge in [0.05, 0.1) is 12.2 Å². The number of hydrogen-bond donors (Lipinski definition) is 1. The topological polar surface area (TPSA) is 32.7 Å². The lowest BCUT2D eigenvalue weighted by Crippen LogP contribution is -2.52. The molecule has 2 unspecified atom stereocenters. The zero-order valence-corrected chi connectivity index (χ0v) is 13.1. The maximum atomic E-state index is 10.8. The van der Waals surface area contributed by atoms with Crippen LogP contribution in [0.2, 0.25) is 0 Å². The third-order valence-corrected chi connectivity index (χ3v) is 5.18. The molecule has 2 aliphatic rings. The highest BCUT2D eigenvalue weighted by atomic mass is 16.5. The Kier molecular flexibility index (Phi) is 4.51. The van der Waals surface area contributed by atoms with Crippen molar-refractivity contribution >= 4 is 0 Å². The van der Waals surface area contributed by atoms with Gasteiger partial charge in [0.2, 0.25) is 0 Å². The molecule has 0 amide bonds. The fraction of sp³-hybridized carbons (Fsp3) is 0.667. The van der Waals surface area contributed by atoms with Gasteiger partial charge in [-0.05, 0) is 32.3 Å². The van der Waals surface area contributed by atoms with E-state index in [-0.39, 0.29) is 5.60 Å². The number of hydrogen-bond acceptors (Lipinski definition) is 3. The van der Waals surface area contributed by atoms with E-state index in [0.29, 0.717) is 12.5 Å². The largest absolute Gasteiger partial charge is 0.494 e. The number of ether oxygens (including phenoxy) is 1. The van der Waals surface area contributed by atoms with Crippen LogP contribution in [0.4, 0.5) is 0 Å². The predicted octanol–water partition coefficient (Wildman–Crippen LogP) is 3.21. The van der Waals surface area contributed by atoms with Gasteiger partial charge < -0.3 is 9.84 Å². The highest BCUT2D eigenvalue weighted by Gasteiger charge is 2.42. The molecule has 1 aromatic carbocycles. The molecule has 1 aromatic rings. The molecule has 0 spiro atoms. The molecule has 2 fully saturated rings. The SMILES string of the molecule is CCOc1ccccc1CN1CCC2(O)CCCCC2C1. The summed E-state index contributed by atoms with van der Waals surface area (Å²) in [5.41, 5.74) is 0.884. The van der Waals surface area contributed by atoms with Crippen molar-refractivity contribution in [1.29, 1.82) is 0 Å². The summed E-state index contributed by atoms with van der Waals surface area (Å²) in [6.45, 7) is 5.69. The summed E-state index contributed by atoms with van der Waals surface area (Å²) in [6, 6.07) is 8.33. The molecule has 1 saturated heterocycles. The fourth-order valence-corrected chi connectivity index (χ4v) is 3.95. The van der Waals surface area contributed by atoms with Gasteiger partial charge in [0, 0.05) is 31.1 Å². The normalized spacial score (nSPS) is 29.9. The molecule has 2 atom stereocenters. The molecule has 0 bridgehead atoms. The summed E-state index contributed by atoms with van der Waals surface area (Å²) in [4.78, 5) is 2.49. The lowest BCUT2D eigenvalue weighted by molar-refractivity contribution is -0.0968. The van der Waals surface area contributed by atoms with E-state index in [2.05, 4.69) is 23.1 Å². The van der Waals surface area contributed by atoms with Gasteiger partial charge in [0.25, 0.3) is 0 Å². The Bertz CT molecular complexity index is 476. The Balaban J connectivity index is 1.66. The van der Waals surface area contributed by atoms with Gasteiger partial charge in [0.1, 0.15) is 5.75 Å². The lowest BCUT2D eigenvalue weighted by Gasteiger charge is -2.47. The van der Waals surface area contributed by atoms with Crippen LogP contribution in [0.3, 0.4) is 0 Å². The number of nitrogens with zero attached hydrogens (tertiary/aromatic N) is 1. The number of likely N-dealkylation sites (tertiary alicyclic amines) is 1. The summed E-state index contributed by atoms with van der Waals surface area (Å²) < 4.78 is 5.73. The van der Waals surface area contributed by atoms with Gasteiger partial charge in [-0.2, -0.15) is 0 Å². The Morgan fingerprint density at radius 2 is 2.14 bits per heavy atom. The number of piperidine rings is 1. The first-order chi connectivity index (χ1) is 10.2. The van der Waals surface area contributed by atoms with Crippen LogP contribution in [-0.2, 0) is 6.54 Å². The van der Waals surface area contributed by atoms with Crippen LogP contribution in [0.15, 0.2) is 24.3 Å². The van der Waals surface area contributed by atoms with Crippen molar-refractivity contribution in [3.8, 4) is 5.75 Å². The van der Waals surface area contributed by atoms with Crippen molar-refractivity contribution in [2.24, 2.45) is 5.92 Å². The minimum Gasteiger partial charge on any atom is -0.494 e. The molecule has 3 rings (SSSR count). The van der Waals surface area contributed by atoms with Crippen molar-refractivity contribution < 1.29 is 9.84 Å². The van der Waals surface area contributed by atoms with E-state index in [1.807, 2.05) is 13.0 Å². The first kappa shape index (κ1) is 14.9. The van der Waals surface area contributed by atoms with Crippen LogP contribution in [0.25, 0.3) is 0 Å². The van der Waals surface area contributed by atoms with Gasteiger partial charge in [-0.15, -0.1) is 0 Å². The van der Waals surface area contributed by atoms with Crippen LogP contribution in [-0.4, -0.2) is 35.3 Å². The van der Waals surface area contributed by atoms with Gasteiger partial charge in [0.15, 0.2) is 0 Å². The van der Waals surface area contributed by atoms with E-state index >= 15 is 0 Å². The van der Waals surface area contributed by atoms with Crippen molar-refractivity contribution in [2.45, 2.75) is 51.2 Å². The third-order valence-electron chi connectivity index (χ3n) is 5.18. The molecule has 21 heavy (non-hydrogen) atoms. The van der Waals surface area contributed by atoms with E-state index < -0.39 is 0 Å². The number of rotatable bonds is 4. The van der Waals surface area contributed by atoms with Crippen LogP contribution in [0.5, 0.6) is 5.75 Å². The highest BCUT2D eigenvalue weighted by Crippen LogP contribution is 2.40. The molecular weight excluding hydrogens is 262 g/mol. The summed E-state index contributed by atoms with van der Waals surface area (Å²) in [7, 11) is 0. The van der Waals surface area contributed by atoms with Crippen molar-refractivity contribution in [2.75, 3.05) is 19.7 Å². The van der Waals surface area contributed by atoms with Crippen LogP contribution in [0, 0.1) is 5.92 Å². The van der Waals surface area contributed by atoms with Crippen molar-refractivity contribution in [3.05, 3.63) is 29.8 Å². The first-order valence-corrected chi connectivity index (χ1v) is 8.37. The Hall–Kier alpha value is -1.06. The number of benzene rings is 1. The number of fused-ring (bicyclic) bond motifs is 1. The lowest BCUT2D eigenvalue weighted by atomic mass is 9.71. The average molecular weight is 289 g/mol. The van der Waals surface area contributed by atoms with Crippen LogP contribution < -0.4 is 4.74 Å². The van der Waals surface area contributed by atoms with Crippen molar-refractivity contribution in [3.63, 3.8) is 0 Å². The Morgan fingerprint density at radius 1 is 1.29 bits per heavy atom. The molecule has 0 aromatic heterocycles. The van der Waals surface area contributed by atoms with Crippen LogP contribution in [0.1, 0.15) is 44.6 Å². The second-order valence-corrected chi connectivity index (χ2v) is 6.57. The standard InChI is InChI=1S/C18H27NO2/c1-2-21-17-9-4-3-7-15(17)13-19-12-11-18(20)10-6-5-8-16(18)14-19/h3-4,7,9,16,20H,2,5-6,8,10-14H2,1H3. The molecule has 1 aliphatic heterocycles. The van der Waals surface area contributed by atoms with Gasteiger partial charge >= 0.3 is 0 Å². The minimum absolute atomic E-state index is 0.381. The predicted molar refractivity (Wildman–Crippen MR) is 84.4 cm³/mol.